The smallest absolute Gasteiger partial charge is 0.331 e. The van der Waals surface area contributed by atoms with Crippen molar-refractivity contribution in [2.75, 3.05) is 6.61 Å². The molecular formula is C24H31N3O2S. The number of ether oxygens (including phenoxy) is 1. The topological polar surface area (TPSA) is 76.7 Å². The van der Waals surface area contributed by atoms with Gasteiger partial charge in [0.2, 0.25) is 0 Å². The molecule has 0 saturated heterocycles. The molecule has 3 N–H and O–H groups in total. The molecule has 1 heterocycles. The van der Waals surface area contributed by atoms with Crippen molar-refractivity contribution in [3.05, 3.63) is 34.9 Å². The number of thiocarbonyl (C=S) groups is 1. The molecule has 5 nitrogen and oxygen atoms in total. The largest absolute Gasteiger partial charge is 0.458 e. The Morgan fingerprint density at radius 2 is 2.10 bits per heavy atom. The van der Waals surface area contributed by atoms with E-state index in [4.69, 9.17) is 22.7 Å². The van der Waals surface area contributed by atoms with Gasteiger partial charge in [0, 0.05) is 22.8 Å². The summed E-state index contributed by atoms with van der Waals surface area (Å²) in [4.78, 5) is 11.6. The number of rotatable bonds is 2. The van der Waals surface area contributed by atoms with Crippen LogP contribution in [0.4, 0.5) is 0 Å². The van der Waals surface area contributed by atoms with E-state index in [0.29, 0.717) is 23.9 Å². The fourth-order valence-corrected chi connectivity index (χ4v) is 7.33. The first-order valence-corrected chi connectivity index (χ1v) is 11.6. The molecular weight excluding hydrogens is 394 g/mol. The Morgan fingerprint density at radius 1 is 1.27 bits per heavy atom. The molecule has 5 atom stereocenters. The quantitative estimate of drug-likeness (QED) is 0.395. The number of carbonyl (C=O) groups is 1. The summed E-state index contributed by atoms with van der Waals surface area (Å²) in [7, 11) is 0. The van der Waals surface area contributed by atoms with Crippen molar-refractivity contribution in [1.82, 2.24) is 5.43 Å². The number of nitrogens with one attached hydrogen (secondary N) is 1. The van der Waals surface area contributed by atoms with Gasteiger partial charge >= 0.3 is 5.97 Å². The average molecular weight is 426 g/mol. The molecule has 160 valence electrons. The van der Waals surface area contributed by atoms with E-state index in [0.717, 1.165) is 30.8 Å². The fraction of sp³-hybridized carbons (Fsp3) is 0.625. The molecule has 0 aromatic rings. The standard InChI is InChI=1S/C24H31N3O2S/c1-23-9-7-16(26-27-22(25)30)12-15(23)3-4-17-19-6-5-18(14-11-21(28)29-13-14)24(19,2)10-8-20(17)23/h5-6,11,15,17,20H,3-4,7-10,12-13H2,1-2H3,(H3,25,27,30)/b26-16+/t15-,17+,20-,23-,24+/m0/s1. The molecule has 3 fully saturated rings. The van der Waals surface area contributed by atoms with Crippen LogP contribution >= 0.6 is 12.2 Å². The third-order valence-corrected chi connectivity index (χ3v) is 8.97. The van der Waals surface area contributed by atoms with E-state index in [-0.39, 0.29) is 16.5 Å². The van der Waals surface area contributed by atoms with Gasteiger partial charge in [-0.05, 0) is 85.9 Å². The molecule has 1 aliphatic heterocycles. The number of hydrogen-bond donors (Lipinski definition) is 2. The molecule has 6 heteroatoms. The molecule has 30 heavy (non-hydrogen) atoms. The number of allylic oxidation sites excluding steroid dienone is 3. The van der Waals surface area contributed by atoms with E-state index in [1.807, 2.05) is 0 Å². The first-order chi connectivity index (χ1) is 14.3. The molecule has 0 bridgehead atoms. The maximum absolute atomic E-state index is 11.6. The van der Waals surface area contributed by atoms with E-state index >= 15 is 0 Å². The monoisotopic (exact) mass is 425 g/mol. The number of fused-ring (bicyclic) bond motifs is 5. The Morgan fingerprint density at radius 3 is 2.83 bits per heavy atom. The summed E-state index contributed by atoms with van der Waals surface area (Å²) in [6.45, 7) is 5.35. The van der Waals surface area contributed by atoms with Gasteiger partial charge in [-0.2, -0.15) is 5.10 Å². The SMILES string of the molecule is C[C@]12CC[C@H]3[C@H](CC[C@H]4C/C(=N/NC(N)=S)CC[C@@]43C)C1=CC=C2C1=CC(=O)OC1. The summed E-state index contributed by atoms with van der Waals surface area (Å²) in [6.07, 6.45) is 14.5. The van der Waals surface area contributed by atoms with E-state index in [1.54, 1.807) is 11.6 Å². The van der Waals surface area contributed by atoms with Crippen LogP contribution in [0, 0.1) is 28.6 Å². The fourth-order valence-electron chi connectivity index (χ4n) is 7.28. The Kier molecular flexibility index (Phi) is 4.69. The molecule has 0 aromatic carbocycles. The van der Waals surface area contributed by atoms with Crippen LogP contribution in [-0.4, -0.2) is 23.4 Å². The zero-order valence-corrected chi connectivity index (χ0v) is 18.7. The molecule has 0 unspecified atom stereocenters. The second-order valence-electron chi connectivity index (χ2n) is 10.2. The van der Waals surface area contributed by atoms with Crippen LogP contribution in [-0.2, 0) is 9.53 Å². The highest BCUT2D eigenvalue weighted by Gasteiger charge is 2.56. The van der Waals surface area contributed by atoms with Crippen LogP contribution in [0.25, 0.3) is 0 Å². The number of nitrogens with zero attached hydrogens (tertiary/aromatic N) is 1. The van der Waals surface area contributed by atoms with E-state index in [1.165, 1.54) is 37.0 Å². The molecule has 0 radical (unpaired) electrons. The maximum atomic E-state index is 11.6. The lowest BCUT2D eigenvalue weighted by atomic mass is 9.46. The molecule has 4 aliphatic carbocycles. The number of esters is 1. The number of nitrogens with two attached hydrogens (primary N) is 1. The molecule has 0 aromatic heterocycles. The Labute approximate surface area is 183 Å². The van der Waals surface area contributed by atoms with Crippen molar-refractivity contribution in [2.24, 2.45) is 39.4 Å². The van der Waals surface area contributed by atoms with Gasteiger partial charge in [0.1, 0.15) is 6.61 Å². The number of hydrogen-bond acceptors (Lipinski definition) is 4. The molecule has 0 amide bonds. The van der Waals surface area contributed by atoms with Crippen molar-refractivity contribution < 1.29 is 9.53 Å². The minimum absolute atomic E-state index is 0.0617. The third kappa shape index (κ3) is 2.98. The summed E-state index contributed by atoms with van der Waals surface area (Å²) >= 11 is 4.90. The van der Waals surface area contributed by atoms with E-state index in [2.05, 4.69) is 36.5 Å². The molecule has 5 rings (SSSR count). The summed E-state index contributed by atoms with van der Waals surface area (Å²) in [5.41, 5.74) is 14.0. The highest BCUT2D eigenvalue weighted by molar-refractivity contribution is 7.80. The number of hydrazone groups is 1. The van der Waals surface area contributed by atoms with Crippen LogP contribution in [0.2, 0.25) is 0 Å². The van der Waals surface area contributed by atoms with Crippen LogP contribution in [0.1, 0.15) is 58.8 Å². The predicted octanol–water partition coefficient (Wildman–Crippen LogP) is 4.16. The van der Waals surface area contributed by atoms with Gasteiger partial charge in [-0.3, -0.25) is 5.43 Å². The van der Waals surface area contributed by atoms with Crippen LogP contribution in [0.5, 0.6) is 0 Å². The summed E-state index contributed by atoms with van der Waals surface area (Å²) in [5, 5.41) is 4.71. The van der Waals surface area contributed by atoms with Gasteiger partial charge in [-0.25, -0.2) is 4.79 Å². The molecule has 3 saturated carbocycles. The number of carbonyl (C=O) groups excluding carboxylic acids is 1. The first-order valence-electron chi connectivity index (χ1n) is 11.2. The average Bonchev–Trinajstić information content (AvgIpc) is 3.28. The van der Waals surface area contributed by atoms with Crippen molar-refractivity contribution >= 4 is 29.0 Å². The normalized spacial score (nSPS) is 41.1. The van der Waals surface area contributed by atoms with Gasteiger partial charge < -0.3 is 10.5 Å². The predicted molar refractivity (Wildman–Crippen MR) is 122 cm³/mol. The van der Waals surface area contributed by atoms with Crippen LogP contribution in [0.3, 0.4) is 0 Å². The summed E-state index contributed by atoms with van der Waals surface area (Å²) in [6, 6.07) is 0. The second kappa shape index (κ2) is 7.04. The van der Waals surface area contributed by atoms with Crippen molar-refractivity contribution in [3.8, 4) is 0 Å². The van der Waals surface area contributed by atoms with Gasteiger partial charge in [0.25, 0.3) is 0 Å². The van der Waals surface area contributed by atoms with Gasteiger partial charge in [0.05, 0.1) is 0 Å². The van der Waals surface area contributed by atoms with Gasteiger partial charge in [-0.15, -0.1) is 0 Å². The second-order valence-corrected chi connectivity index (χ2v) is 10.6. The van der Waals surface area contributed by atoms with Crippen molar-refractivity contribution in [3.63, 3.8) is 0 Å². The third-order valence-electron chi connectivity index (χ3n) is 8.87. The highest BCUT2D eigenvalue weighted by atomic mass is 32.1. The van der Waals surface area contributed by atoms with Crippen molar-refractivity contribution in [1.29, 1.82) is 0 Å². The lowest BCUT2D eigenvalue weighted by molar-refractivity contribution is -0.134. The summed E-state index contributed by atoms with van der Waals surface area (Å²) < 4.78 is 5.21. The Hall–Kier alpha value is -1.95. The first kappa shape index (κ1) is 20.0. The highest BCUT2D eigenvalue weighted by Crippen LogP contribution is 2.65. The summed E-state index contributed by atoms with van der Waals surface area (Å²) in [5.74, 6) is 1.85. The van der Waals surface area contributed by atoms with Crippen LogP contribution < -0.4 is 11.2 Å². The van der Waals surface area contributed by atoms with E-state index < -0.39 is 0 Å². The van der Waals surface area contributed by atoms with Crippen molar-refractivity contribution in [2.45, 2.75) is 58.8 Å². The number of cyclic esters (lactones) is 1. The van der Waals surface area contributed by atoms with Crippen LogP contribution in [0.15, 0.2) is 40.0 Å². The lowest BCUT2D eigenvalue weighted by Crippen LogP contribution is -2.51. The molecule has 5 aliphatic rings. The zero-order valence-electron chi connectivity index (χ0n) is 17.9. The lowest BCUT2D eigenvalue weighted by Gasteiger charge is -2.58. The minimum Gasteiger partial charge on any atom is -0.458 e. The molecule has 0 spiro atoms. The Balaban J connectivity index is 1.36. The minimum atomic E-state index is -0.200. The zero-order chi connectivity index (χ0) is 21.1. The van der Waals surface area contributed by atoms with Gasteiger partial charge in [-0.1, -0.05) is 31.6 Å². The Bertz CT molecular complexity index is 933. The van der Waals surface area contributed by atoms with Gasteiger partial charge in [0.15, 0.2) is 5.11 Å². The maximum Gasteiger partial charge on any atom is 0.331 e. The van der Waals surface area contributed by atoms with E-state index in [9.17, 15) is 4.79 Å².